The van der Waals surface area contributed by atoms with Crippen LogP contribution in [0.25, 0.3) is 0 Å². The first kappa shape index (κ1) is 20.5. The first-order valence-electron chi connectivity index (χ1n) is 8.37. The Hall–Kier alpha value is -2.79. The van der Waals surface area contributed by atoms with Gasteiger partial charge in [0, 0.05) is 23.0 Å². The van der Waals surface area contributed by atoms with Crippen molar-refractivity contribution in [2.45, 2.75) is 25.7 Å². The van der Waals surface area contributed by atoms with E-state index < -0.39 is 17.4 Å². The van der Waals surface area contributed by atoms with Gasteiger partial charge in [0.15, 0.2) is 0 Å². The fourth-order valence-electron chi connectivity index (χ4n) is 3.95. The fourth-order valence-corrected chi connectivity index (χ4v) is 4.25. The number of allylic oxidation sites excluding steroid dienone is 3. The van der Waals surface area contributed by atoms with Gasteiger partial charge < -0.3 is 15.1 Å². The molecule has 0 saturated carbocycles. The Morgan fingerprint density at radius 1 is 1.07 bits per heavy atom. The summed E-state index contributed by atoms with van der Waals surface area (Å²) in [5.74, 6) is -2.40. The van der Waals surface area contributed by atoms with E-state index in [0.717, 1.165) is 0 Å². The molecule has 0 aromatic heterocycles. The Morgan fingerprint density at radius 3 is 2.00 bits per heavy atom. The average molecular weight is 388 g/mol. The van der Waals surface area contributed by atoms with Crippen LogP contribution in [0.1, 0.15) is 25.8 Å². The topological polar surface area (TPSA) is 77.8 Å². The summed E-state index contributed by atoms with van der Waals surface area (Å²) in [6, 6.07) is 6.73. The van der Waals surface area contributed by atoms with E-state index in [9.17, 15) is 19.8 Å². The molecule has 0 fully saturated rings. The minimum Gasteiger partial charge on any atom is -0.478 e. The highest BCUT2D eigenvalue weighted by atomic mass is 35.5. The highest BCUT2D eigenvalue weighted by Gasteiger charge is 2.51. The van der Waals surface area contributed by atoms with Crippen LogP contribution in [-0.4, -0.2) is 33.6 Å². The third-order valence-corrected chi connectivity index (χ3v) is 5.24. The predicted molar refractivity (Wildman–Crippen MR) is 106 cm³/mol. The SMILES string of the molecule is C=CCN1C(C)=C(C(=O)O)C(CC=C)(c2ccccc2Cl)C(C(=O)O)=C1C. The van der Waals surface area contributed by atoms with E-state index in [4.69, 9.17) is 11.6 Å². The van der Waals surface area contributed by atoms with Crippen LogP contribution < -0.4 is 0 Å². The number of carbonyl (C=O) groups is 2. The maximum Gasteiger partial charge on any atom is 0.334 e. The van der Waals surface area contributed by atoms with Gasteiger partial charge in [-0.05, 0) is 31.9 Å². The van der Waals surface area contributed by atoms with Crippen molar-refractivity contribution in [2.24, 2.45) is 0 Å². The zero-order valence-corrected chi connectivity index (χ0v) is 16.1. The molecule has 2 N–H and O–H groups in total. The van der Waals surface area contributed by atoms with Crippen LogP contribution in [0.5, 0.6) is 0 Å². The molecule has 5 nitrogen and oxygen atoms in total. The van der Waals surface area contributed by atoms with Gasteiger partial charge in [0.25, 0.3) is 0 Å². The lowest BCUT2D eigenvalue weighted by molar-refractivity contribution is -0.134. The van der Waals surface area contributed by atoms with Gasteiger partial charge in [-0.15, -0.1) is 13.2 Å². The third kappa shape index (κ3) is 3.19. The number of benzene rings is 1. The number of rotatable bonds is 7. The molecule has 0 spiro atoms. The minimum atomic E-state index is -1.45. The number of carboxylic acid groups (broad SMARTS) is 2. The van der Waals surface area contributed by atoms with Gasteiger partial charge in [0.1, 0.15) is 0 Å². The van der Waals surface area contributed by atoms with Gasteiger partial charge in [-0.1, -0.05) is 42.0 Å². The summed E-state index contributed by atoms with van der Waals surface area (Å²) in [5, 5.41) is 20.5. The summed E-state index contributed by atoms with van der Waals surface area (Å²) < 4.78 is 0. The second kappa shape index (κ2) is 7.84. The zero-order valence-electron chi connectivity index (χ0n) is 15.3. The molecule has 0 atom stereocenters. The van der Waals surface area contributed by atoms with Crippen LogP contribution in [0.4, 0.5) is 0 Å². The molecule has 27 heavy (non-hydrogen) atoms. The molecule has 0 bridgehead atoms. The van der Waals surface area contributed by atoms with E-state index in [2.05, 4.69) is 13.2 Å². The summed E-state index contributed by atoms with van der Waals surface area (Å²) in [5.41, 5.74) is -0.179. The molecule has 2 rings (SSSR count). The van der Waals surface area contributed by atoms with Crippen LogP contribution in [-0.2, 0) is 15.0 Å². The van der Waals surface area contributed by atoms with Gasteiger partial charge in [0.2, 0.25) is 0 Å². The van der Waals surface area contributed by atoms with Crippen LogP contribution in [0.3, 0.4) is 0 Å². The van der Waals surface area contributed by atoms with E-state index in [0.29, 0.717) is 22.0 Å². The first-order chi connectivity index (χ1) is 12.7. The Kier molecular flexibility index (Phi) is 5.96. The normalized spacial score (nSPS) is 16.3. The van der Waals surface area contributed by atoms with Crippen molar-refractivity contribution in [3.05, 3.63) is 82.7 Å². The molecule has 1 aromatic carbocycles. The Bertz CT molecular complexity index is 844. The molecule has 0 aliphatic carbocycles. The highest BCUT2D eigenvalue weighted by Crippen LogP contribution is 2.51. The van der Waals surface area contributed by atoms with Crippen LogP contribution in [0.2, 0.25) is 5.02 Å². The quantitative estimate of drug-likeness (QED) is 0.679. The molecule has 0 radical (unpaired) electrons. The van der Waals surface area contributed by atoms with Crippen molar-refractivity contribution in [1.29, 1.82) is 0 Å². The van der Waals surface area contributed by atoms with E-state index in [1.807, 2.05) is 0 Å². The molecule has 1 aliphatic heterocycles. The first-order valence-corrected chi connectivity index (χ1v) is 8.75. The Labute approximate surface area is 163 Å². The van der Waals surface area contributed by atoms with Crippen molar-refractivity contribution in [1.82, 2.24) is 4.90 Å². The zero-order chi connectivity index (χ0) is 20.4. The van der Waals surface area contributed by atoms with Crippen molar-refractivity contribution in [2.75, 3.05) is 6.54 Å². The van der Waals surface area contributed by atoms with Crippen LogP contribution in [0.15, 0.2) is 72.1 Å². The molecule has 142 valence electrons. The van der Waals surface area contributed by atoms with E-state index in [-0.39, 0.29) is 24.1 Å². The number of hydrogen-bond acceptors (Lipinski definition) is 3. The largest absolute Gasteiger partial charge is 0.478 e. The number of halogens is 1. The van der Waals surface area contributed by atoms with Gasteiger partial charge in [-0.2, -0.15) is 0 Å². The lowest BCUT2D eigenvalue weighted by Crippen LogP contribution is -2.45. The third-order valence-electron chi connectivity index (χ3n) is 4.91. The smallest absolute Gasteiger partial charge is 0.334 e. The van der Waals surface area contributed by atoms with E-state index in [1.54, 1.807) is 49.1 Å². The lowest BCUT2D eigenvalue weighted by Gasteiger charge is -2.44. The molecule has 0 amide bonds. The maximum atomic E-state index is 12.4. The monoisotopic (exact) mass is 387 g/mol. The van der Waals surface area contributed by atoms with E-state index >= 15 is 0 Å². The summed E-state index contributed by atoms with van der Waals surface area (Å²) in [4.78, 5) is 26.4. The summed E-state index contributed by atoms with van der Waals surface area (Å²) in [7, 11) is 0. The molecule has 1 aliphatic rings. The predicted octanol–water partition coefficient (Wildman–Crippen LogP) is 4.37. The highest BCUT2D eigenvalue weighted by molar-refractivity contribution is 6.31. The van der Waals surface area contributed by atoms with Gasteiger partial charge >= 0.3 is 11.9 Å². The van der Waals surface area contributed by atoms with Gasteiger partial charge in [0.05, 0.1) is 16.6 Å². The molecular weight excluding hydrogens is 366 g/mol. The second-order valence-electron chi connectivity index (χ2n) is 6.31. The number of nitrogens with zero attached hydrogens (tertiary/aromatic N) is 1. The summed E-state index contributed by atoms with van der Waals surface area (Å²) in [6.45, 7) is 11.1. The van der Waals surface area contributed by atoms with Crippen LogP contribution >= 0.6 is 11.6 Å². The van der Waals surface area contributed by atoms with Gasteiger partial charge in [-0.3, -0.25) is 0 Å². The van der Waals surface area contributed by atoms with Crippen molar-refractivity contribution in [3.63, 3.8) is 0 Å². The molecule has 1 heterocycles. The van der Waals surface area contributed by atoms with Gasteiger partial charge in [-0.25, -0.2) is 9.59 Å². The molecule has 1 aromatic rings. The minimum absolute atomic E-state index is 0.0275. The Morgan fingerprint density at radius 2 is 1.59 bits per heavy atom. The van der Waals surface area contributed by atoms with E-state index in [1.165, 1.54) is 6.08 Å². The maximum absolute atomic E-state index is 12.4. The molecule has 0 saturated heterocycles. The standard InChI is InChI=1S/C21H22ClNO4/c1-5-11-21(15-9-7-8-10-16(15)22)17(19(24)25)13(3)23(12-6-2)14(4)18(21)20(26)27/h5-10H,1-2,11-12H2,3-4H3,(H,24,25)(H,26,27). The number of aliphatic carboxylic acids is 2. The Balaban J connectivity index is 3.06. The molecule has 0 unspecified atom stereocenters. The molecular formula is C21H22ClNO4. The number of carboxylic acids is 2. The summed E-state index contributed by atoms with van der Waals surface area (Å²) >= 11 is 6.42. The van der Waals surface area contributed by atoms with Crippen molar-refractivity contribution in [3.8, 4) is 0 Å². The molecule has 6 heteroatoms. The number of hydrogen-bond donors (Lipinski definition) is 2. The van der Waals surface area contributed by atoms with Crippen molar-refractivity contribution < 1.29 is 19.8 Å². The fraction of sp³-hybridized carbons (Fsp3) is 0.238. The second-order valence-corrected chi connectivity index (χ2v) is 6.72. The average Bonchev–Trinajstić information content (AvgIpc) is 2.58. The van der Waals surface area contributed by atoms with Crippen LogP contribution in [0, 0.1) is 0 Å². The van der Waals surface area contributed by atoms with Crippen molar-refractivity contribution >= 4 is 23.5 Å². The lowest BCUT2D eigenvalue weighted by atomic mass is 9.63. The summed E-state index contributed by atoms with van der Waals surface area (Å²) in [6.07, 6.45) is 3.21.